The number of nitrogens with zero attached hydrogens (tertiary/aromatic N) is 1. The fourth-order valence-corrected chi connectivity index (χ4v) is 3.60. The van der Waals surface area contributed by atoms with Crippen LogP contribution in [0.25, 0.3) is 10.9 Å². The maximum absolute atomic E-state index is 12.9. The highest BCUT2D eigenvalue weighted by Crippen LogP contribution is 2.18. The quantitative estimate of drug-likeness (QED) is 0.545. The number of anilines is 1. The third-order valence-corrected chi connectivity index (χ3v) is 5.40. The van der Waals surface area contributed by atoms with Crippen LogP contribution in [0.5, 0.6) is 0 Å². The van der Waals surface area contributed by atoms with Gasteiger partial charge in [-0.05, 0) is 56.3 Å². The van der Waals surface area contributed by atoms with Crippen molar-refractivity contribution < 1.29 is 9.59 Å². The van der Waals surface area contributed by atoms with E-state index in [1.807, 2.05) is 30.3 Å². The summed E-state index contributed by atoms with van der Waals surface area (Å²) < 4.78 is 0. The fraction of sp³-hybridized carbons (Fsp3) is 0.500. The molecular formula is C22H31N5O2. The molecule has 29 heavy (non-hydrogen) atoms. The minimum atomic E-state index is -0.588. The van der Waals surface area contributed by atoms with Crippen LogP contribution in [0.1, 0.15) is 33.1 Å². The van der Waals surface area contributed by atoms with Crippen LogP contribution in [0.3, 0.4) is 0 Å². The van der Waals surface area contributed by atoms with Gasteiger partial charge < -0.3 is 21.7 Å². The molecule has 1 saturated heterocycles. The first-order valence-corrected chi connectivity index (χ1v) is 10.4. The van der Waals surface area contributed by atoms with Crippen LogP contribution in [0.2, 0.25) is 0 Å². The zero-order valence-electron chi connectivity index (χ0n) is 17.2. The number of nitrogens with one attached hydrogen (secondary N) is 3. The summed E-state index contributed by atoms with van der Waals surface area (Å²) in [5.74, 6) is 0.388. The Kier molecular flexibility index (Phi) is 7.17. The number of pyridine rings is 1. The van der Waals surface area contributed by atoms with E-state index in [0.29, 0.717) is 36.9 Å². The first-order chi connectivity index (χ1) is 14.0. The van der Waals surface area contributed by atoms with E-state index in [1.54, 1.807) is 6.20 Å². The highest BCUT2D eigenvalue weighted by molar-refractivity contribution is 5.98. The maximum Gasteiger partial charge on any atom is 0.246 e. The van der Waals surface area contributed by atoms with E-state index in [-0.39, 0.29) is 17.9 Å². The van der Waals surface area contributed by atoms with Crippen LogP contribution in [0.4, 0.5) is 5.69 Å². The molecule has 2 amide bonds. The first kappa shape index (κ1) is 21.2. The number of hydrogen-bond donors (Lipinski definition) is 4. The molecule has 1 aromatic carbocycles. The van der Waals surface area contributed by atoms with Crippen molar-refractivity contribution in [1.82, 2.24) is 15.6 Å². The van der Waals surface area contributed by atoms with Gasteiger partial charge in [-0.25, -0.2) is 0 Å². The largest absolute Gasteiger partial charge is 0.343 e. The molecule has 0 saturated carbocycles. The Labute approximate surface area is 171 Å². The predicted molar refractivity (Wildman–Crippen MR) is 115 cm³/mol. The molecule has 7 nitrogen and oxygen atoms in total. The lowest BCUT2D eigenvalue weighted by Crippen LogP contribution is -2.49. The Morgan fingerprint density at radius 2 is 2.07 bits per heavy atom. The number of para-hydroxylation sites is 1. The molecule has 0 aliphatic carbocycles. The Morgan fingerprint density at radius 1 is 1.28 bits per heavy atom. The number of amides is 2. The van der Waals surface area contributed by atoms with Gasteiger partial charge in [0.15, 0.2) is 0 Å². The molecule has 2 aromatic rings. The van der Waals surface area contributed by atoms with Gasteiger partial charge in [-0.3, -0.25) is 14.6 Å². The summed E-state index contributed by atoms with van der Waals surface area (Å²) in [6, 6.07) is 8.76. The molecule has 2 heterocycles. The van der Waals surface area contributed by atoms with Crippen LogP contribution in [-0.2, 0) is 9.59 Å². The topological polar surface area (TPSA) is 109 Å². The van der Waals surface area contributed by atoms with Crippen molar-refractivity contribution in [2.75, 3.05) is 18.4 Å². The van der Waals surface area contributed by atoms with Crippen molar-refractivity contribution in [3.63, 3.8) is 0 Å². The second-order valence-electron chi connectivity index (χ2n) is 8.24. The van der Waals surface area contributed by atoms with Gasteiger partial charge in [0, 0.05) is 5.39 Å². The monoisotopic (exact) mass is 397 g/mol. The van der Waals surface area contributed by atoms with E-state index >= 15 is 0 Å². The minimum Gasteiger partial charge on any atom is -0.343 e. The molecule has 0 radical (unpaired) electrons. The van der Waals surface area contributed by atoms with Gasteiger partial charge in [-0.15, -0.1) is 0 Å². The molecule has 7 heteroatoms. The Morgan fingerprint density at radius 3 is 2.79 bits per heavy atom. The number of rotatable bonds is 8. The van der Waals surface area contributed by atoms with Crippen molar-refractivity contribution in [3.8, 4) is 0 Å². The Hall–Kier alpha value is -2.51. The second-order valence-corrected chi connectivity index (χ2v) is 8.24. The van der Waals surface area contributed by atoms with Crippen molar-refractivity contribution in [2.45, 2.75) is 45.2 Å². The van der Waals surface area contributed by atoms with E-state index in [0.717, 1.165) is 23.9 Å². The maximum atomic E-state index is 12.9. The van der Waals surface area contributed by atoms with E-state index < -0.39 is 6.04 Å². The van der Waals surface area contributed by atoms with Crippen LogP contribution < -0.4 is 21.7 Å². The van der Waals surface area contributed by atoms with Crippen molar-refractivity contribution in [3.05, 3.63) is 36.5 Å². The summed E-state index contributed by atoms with van der Waals surface area (Å²) in [7, 11) is 0. The normalized spacial score (nSPS) is 20.0. The number of benzene rings is 1. The molecule has 156 valence electrons. The van der Waals surface area contributed by atoms with E-state index in [9.17, 15) is 9.59 Å². The summed E-state index contributed by atoms with van der Waals surface area (Å²) >= 11 is 0. The smallest absolute Gasteiger partial charge is 0.246 e. The molecule has 0 unspecified atom stereocenters. The number of fused-ring (bicyclic) bond motifs is 1. The molecule has 0 bridgehead atoms. The van der Waals surface area contributed by atoms with Crippen LogP contribution in [0, 0.1) is 11.8 Å². The number of hydrogen-bond acceptors (Lipinski definition) is 5. The van der Waals surface area contributed by atoms with Gasteiger partial charge in [0.1, 0.15) is 6.04 Å². The number of carbonyl (C=O) groups is 2. The summed E-state index contributed by atoms with van der Waals surface area (Å²) in [6.07, 6.45) is 3.78. The summed E-state index contributed by atoms with van der Waals surface area (Å²) in [5.41, 5.74) is 7.21. The molecular weight excluding hydrogens is 366 g/mol. The average molecular weight is 398 g/mol. The minimum absolute atomic E-state index is 0.138. The van der Waals surface area contributed by atoms with Crippen LogP contribution in [0.15, 0.2) is 36.5 Å². The standard InChI is InChI=1S/C22H31N5O2/c1-14(2)7-8-19(27-22(29)20-9-15(11-23)12-24-20)21(28)26-17-10-16-5-3-4-6-18(16)25-13-17/h3-6,10,13-15,19-20,24H,7-9,11-12,23H2,1-2H3,(H,26,28)(H,27,29)/t15-,19-,20-/m1/s1. The zero-order chi connectivity index (χ0) is 20.8. The lowest BCUT2D eigenvalue weighted by molar-refractivity contribution is -0.127. The lowest BCUT2D eigenvalue weighted by Gasteiger charge is -2.21. The Balaban J connectivity index is 1.67. The SMILES string of the molecule is CC(C)CC[C@@H](NC(=O)[C@H]1C[C@H](CN)CN1)C(=O)Nc1cnc2ccccc2c1. The molecule has 0 spiro atoms. The summed E-state index contributed by atoms with van der Waals surface area (Å²) in [5, 5.41) is 10.0. The number of carbonyl (C=O) groups excluding carboxylic acids is 2. The lowest BCUT2D eigenvalue weighted by atomic mass is 10.0. The zero-order valence-corrected chi connectivity index (χ0v) is 17.2. The van der Waals surface area contributed by atoms with Gasteiger partial charge >= 0.3 is 0 Å². The molecule has 1 aliphatic rings. The van der Waals surface area contributed by atoms with Crippen molar-refractivity contribution in [1.29, 1.82) is 0 Å². The van der Waals surface area contributed by atoms with Crippen LogP contribution >= 0.6 is 0 Å². The fourth-order valence-electron chi connectivity index (χ4n) is 3.60. The van der Waals surface area contributed by atoms with Gasteiger partial charge in [0.25, 0.3) is 0 Å². The van der Waals surface area contributed by atoms with Gasteiger partial charge in [-0.2, -0.15) is 0 Å². The van der Waals surface area contributed by atoms with E-state index in [1.165, 1.54) is 0 Å². The summed E-state index contributed by atoms with van der Waals surface area (Å²) in [6.45, 7) is 5.51. The molecule has 3 atom stereocenters. The van der Waals surface area contributed by atoms with E-state index in [4.69, 9.17) is 5.73 Å². The van der Waals surface area contributed by atoms with Crippen molar-refractivity contribution >= 4 is 28.4 Å². The highest BCUT2D eigenvalue weighted by Gasteiger charge is 2.31. The third kappa shape index (κ3) is 5.74. The molecule has 1 aromatic heterocycles. The average Bonchev–Trinajstić information content (AvgIpc) is 3.20. The molecule has 1 aliphatic heterocycles. The van der Waals surface area contributed by atoms with Gasteiger partial charge in [0.05, 0.1) is 23.4 Å². The molecule has 5 N–H and O–H groups in total. The first-order valence-electron chi connectivity index (χ1n) is 10.4. The predicted octanol–water partition coefficient (Wildman–Crippen LogP) is 2.03. The van der Waals surface area contributed by atoms with Crippen molar-refractivity contribution in [2.24, 2.45) is 17.6 Å². The molecule has 1 fully saturated rings. The van der Waals surface area contributed by atoms with Crippen LogP contribution in [-0.4, -0.2) is 42.0 Å². The van der Waals surface area contributed by atoms with E-state index in [2.05, 4.69) is 34.8 Å². The van der Waals surface area contributed by atoms with Gasteiger partial charge in [-0.1, -0.05) is 32.0 Å². The van der Waals surface area contributed by atoms with Gasteiger partial charge in [0.2, 0.25) is 11.8 Å². The highest BCUT2D eigenvalue weighted by atomic mass is 16.2. The second kappa shape index (κ2) is 9.80. The molecule has 3 rings (SSSR count). The summed E-state index contributed by atoms with van der Waals surface area (Å²) in [4.78, 5) is 30.0. The third-order valence-electron chi connectivity index (χ3n) is 5.40. The Bertz CT molecular complexity index is 854. The number of nitrogens with two attached hydrogens (primary N) is 1. The number of aromatic nitrogens is 1.